The smallest absolute Gasteiger partial charge is 0.417 e. The number of amides is 1. The molecule has 0 aliphatic rings. The van der Waals surface area contributed by atoms with Crippen LogP contribution in [0, 0.1) is 6.92 Å². The van der Waals surface area contributed by atoms with Crippen molar-refractivity contribution in [2.45, 2.75) is 26.3 Å². The van der Waals surface area contributed by atoms with E-state index in [4.69, 9.17) is 9.15 Å². The zero-order valence-corrected chi connectivity index (χ0v) is 17.5. The fraction of sp³-hybridized carbons (Fsp3) is 0.174. The number of carbonyl (C=O) groups excluding carboxylic acids is 1. The molecule has 4 rings (SSSR count). The minimum absolute atomic E-state index is 0.176. The number of nitrogens with one attached hydrogen (secondary N) is 1. The van der Waals surface area contributed by atoms with Gasteiger partial charge in [0.25, 0.3) is 5.91 Å². The lowest BCUT2D eigenvalue weighted by atomic mass is 10.2. The molecule has 0 bridgehead atoms. The molecule has 0 atom stereocenters. The van der Waals surface area contributed by atoms with Crippen molar-refractivity contribution in [3.63, 3.8) is 0 Å². The fourth-order valence-electron chi connectivity index (χ4n) is 3.14. The first-order valence-electron chi connectivity index (χ1n) is 9.90. The van der Waals surface area contributed by atoms with E-state index in [1.807, 2.05) is 12.1 Å². The van der Waals surface area contributed by atoms with Crippen LogP contribution in [-0.4, -0.2) is 20.7 Å². The van der Waals surface area contributed by atoms with E-state index in [2.05, 4.69) is 15.4 Å². The van der Waals surface area contributed by atoms with Gasteiger partial charge in [-0.3, -0.25) is 4.79 Å². The van der Waals surface area contributed by atoms with Crippen LogP contribution in [0.1, 0.15) is 32.9 Å². The second-order valence-corrected chi connectivity index (χ2v) is 7.18. The number of rotatable bonds is 7. The zero-order valence-electron chi connectivity index (χ0n) is 17.5. The number of anilines is 1. The summed E-state index contributed by atoms with van der Waals surface area (Å²) in [6.45, 7) is 2.31. The van der Waals surface area contributed by atoms with Gasteiger partial charge in [0.1, 0.15) is 12.4 Å². The number of carbonyl (C=O) groups is 1. The minimum atomic E-state index is -4.48. The van der Waals surface area contributed by atoms with Crippen LogP contribution < -0.4 is 5.32 Å². The lowest BCUT2D eigenvalue weighted by molar-refractivity contribution is -0.137. The van der Waals surface area contributed by atoms with E-state index >= 15 is 0 Å². The van der Waals surface area contributed by atoms with Crippen molar-refractivity contribution >= 4 is 11.6 Å². The van der Waals surface area contributed by atoms with Crippen LogP contribution in [0.2, 0.25) is 0 Å². The number of pyridine rings is 1. The average Bonchev–Trinajstić information content (AvgIpc) is 3.43. The highest BCUT2D eigenvalue weighted by Crippen LogP contribution is 2.29. The molecule has 0 spiro atoms. The van der Waals surface area contributed by atoms with Crippen LogP contribution in [0.3, 0.4) is 0 Å². The number of alkyl halides is 3. The SMILES string of the molecule is Cc1c(C(=O)Nc2cccc(COCc3ccco3)c2)cnn1-c1ccc(C(F)(F)F)cn1. The molecule has 3 heterocycles. The molecule has 10 heteroatoms. The summed E-state index contributed by atoms with van der Waals surface area (Å²) in [6.07, 6.45) is -0.823. The lowest BCUT2D eigenvalue weighted by Crippen LogP contribution is -2.13. The van der Waals surface area contributed by atoms with Crippen LogP contribution in [0.4, 0.5) is 18.9 Å². The van der Waals surface area contributed by atoms with Gasteiger partial charge in [-0.2, -0.15) is 18.3 Å². The zero-order chi connectivity index (χ0) is 23.4. The van der Waals surface area contributed by atoms with Crippen molar-refractivity contribution < 1.29 is 27.1 Å². The van der Waals surface area contributed by atoms with Crippen LogP contribution in [-0.2, 0) is 24.1 Å². The molecule has 1 amide bonds. The van der Waals surface area contributed by atoms with Gasteiger partial charge in [0, 0.05) is 11.9 Å². The molecule has 0 aliphatic carbocycles. The molecule has 7 nitrogen and oxygen atoms in total. The Morgan fingerprint density at radius 1 is 1.12 bits per heavy atom. The van der Waals surface area contributed by atoms with E-state index in [1.165, 1.54) is 16.9 Å². The molecular weight excluding hydrogens is 437 g/mol. The Hall–Kier alpha value is -3.92. The van der Waals surface area contributed by atoms with Crippen LogP contribution in [0.5, 0.6) is 0 Å². The van der Waals surface area contributed by atoms with E-state index < -0.39 is 17.6 Å². The fourth-order valence-corrected chi connectivity index (χ4v) is 3.14. The molecule has 0 aliphatic heterocycles. The Bertz CT molecular complexity index is 1230. The Kier molecular flexibility index (Phi) is 6.27. The number of benzene rings is 1. The Morgan fingerprint density at radius 2 is 1.97 bits per heavy atom. The molecule has 0 saturated carbocycles. The van der Waals surface area contributed by atoms with E-state index in [1.54, 1.807) is 37.5 Å². The predicted octanol–water partition coefficient (Wildman–Crippen LogP) is 5.16. The highest BCUT2D eigenvalue weighted by Gasteiger charge is 2.30. The average molecular weight is 456 g/mol. The van der Waals surface area contributed by atoms with E-state index in [-0.39, 0.29) is 11.4 Å². The quantitative estimate of drug-likeness (QED) is 0.416. The Labute approximate surface area is 186 Å². The third-order valence-corrected chi connectivity index (χ3v) is 4.82. The first kappa shape index (κ1) is 22.3. The summed E-state index contributed by atoms with van der Waals surface area (Å²) in [5.74, 6) is 0.490. The molecule has 0 radical (unpaired) electrons. The molecular formula is C23H19F3N4O3. The number of hydrogen-bond acceptors (Lipinski definition) is 5. The standard InChI is InChI=1S/C23H19F3N4O3/c1-15-20(12-28-30(15)21-8-7-17(11-27-21)23(24,25)26)22(31)29-18-5-2-4-16(10-18)13-32-14-19-6-3-9-33-19/h2-12H,13-14H2,1H3,(H,29,31). The predicted molar refractivity (Wildman–Crippen MR) is 113 cm³/mol. The van der Waals surface area contributed by atoms with Crippen molar-refractivity contribution in [1.29, 1.82) is 0 Å². The Morgan fingerprint density at radius 3 is 2.67 bits per heavy atom. The number of nitrogens with zero attached hydrogens (tertiary/aromatic N) is 3. The van der Waals surface area contributed by atoms with Crippen LogP contribution >= 0.6 is 0 Å². The summed E-state index contributed by atoms with van der Waals surface area (Å²) >= 11 is 0. The molecule has 0 fully saturated rings. The summed E-state index contributed by atoms with van der Waals surface area (Å²) in [6, 6.07) is 12.9. The van der Waals surface area contributed by atoms with Gasteiger partial charge in [0.05, 0.1) is 35.9 Å². The van der Waals surface area contributed by atoms with Gasteiger partial charge < -0.3 is 14.5 Å². The summed E-state index contributed by atoms with van der Waals surface area (Å²) in [7, 11) is 0. The van der Waals surface area contributed by atoms with Gasteiger partial charge in [0.15, 0.2) is 5.82 Å². The second-order valence-electron chi connectivity index (χ2n) is 7.18. The lowest BCUT2D eigenvalue weighted by Gasteiger charge is -2.09. The maximum atomic E-state index is 12.8. The number of ether oxygens (including phenoxy) is 1. The first-order valence-corrected chi connectivity index (χ1v) is 9.90. The normalized spacial score (nSPS) is 11.5. The topological polar surface area (TPSA) is 82.2 Å². The van der Waals surface area contributed by atoms with Crippen molar-refractivity contribution in [2.24, 2.45) is 0 Å². The highest BCUT2D eigenvalue weighted by molar-refractivity contribution is 6.05. The van der Waals surface area contributed by atoms with Gasteiger partial charge >= 0.3 is 6.18 Å². The highest BCUT2D eigenvalue weighted by atomic mass is 19.4. The van der Waals surface area contributed by atoms with Crippen LogP contribution in [0.25, 0.3) is 5.82 Å². The van der Waals surface area contributed by atoms with Gasteiger partial charge in [-0.05, 0) is 48.9 Å². The maximum Gasteiger partial charge on any atom is 0.417 e. The van der Waals surface area contributed by atoms with Crippen molar-refractivity contribution in [2.75, 3.05) is 5.32 Å². The summed E-state index contributed by atoms with van der Waals surface area (Å²) in [5.41, 5.74) is 1.29. The molecule has 4 aromatic rings. The second kappa shape index (κ2) is 9.29. The number of hydrogen-bond donors (Lipinski definition) is 1. The van der Waals surface area contributed by atoms with Crippen LogP contribution in [0.15, 0.2) is 71.6 Å². The number of furan rings is 1. The van der Waals surface area contributed by atoms with Crippen molar-refractivity contribution in [3.05, 3.63) is 95.3 Å². The van der Waals surface area contributed by atoms with Gasteiger partial charge in [-0.1, -0.05) is 12.1 Å². The van der Waals surface area contributed by atoms with E-state index in [9.17, 15) is 18.0 Å². The molecule has 33 heavy (non-hydrogen) atoms. The molecule has 0 unspecified atom stereocenters. The molecule has 0 saturated heterocycles. The minimum Gasteiger partial charge on any atom is -0.467 e. The summed E-state index contributed by atoms with van der Waals surface area (Å²) < 4.78 is 50.4. The monoisotopic (exact) mass is 456 g/mol. The van der Waals surface area contributed by atoms with Crippen molar-refractivity contribution in [3.8, 4) is 5.82 Å². The molecule has 1 aromatic carbocycles. The number of halogens is 3. The third-order valence-electron chi connectivity index (χ3n) is 4.82. The first-order chi connectivity index (χ1) is 15.8. The molecule has 1 N–H and O–H groups in total. The maximum absolute atomic E-state index is 12.8. The number of aromatic nitrogens is 3. The molecule has 3 aromatic heterocycles. The largest absolute Gasteiger partial charge is 0.467 e. The Balaban J connectivity index is 1.42. The van der Waals surface area contributed by atoms with Gasteiger partial charge in [-0.15, -0.1) is 0 Å². The van der Waals surface area contributed by atoms with E-state index in [0.717, 1.165) is 23.6 Å². The summed E-state index contributed by atoms with van der Waals surface area (Å²) in [5, 5.41) is 6.91. The van der Waals surface area contributed by atoms with Gasteiger partial charge in [0.2, 0.25) is 0 Å². The summed E-state index contributed by atoms with van der Waals surface area (Å²) in [4.78, 5) is 16.6. The van der Waals surface area contributed by atoms with Gasteiger partial charge in [-0.25, -0.2) is 9.67 Å². The van der Waals surface area contributed by atoms with Crippen molar-refractivity contribution in [1.82, 2.24) is 14.8 Å². The third kappa shape index (κ3) is 5.29. The van der Waals surface area contributed by atoms with E-state index in [0.29, 0.717) is 24.6 Å². The molecule has 170 valence electrons.